The molecule has 2 aromatic carbocycles. The van der Waals surface area contributed by atoms with Gasteiger partial charge in [0, 0.05) is 17.1 Å². The number of anilines is 1. The van der Waals surface area contributed by atoms with Crippen LogP contribution in [0.25, 0.3) is 0 Å². The highest BCUT2D eigenvalue weighted by Crippen LogP contribution is 2.25. The second-order valence-electron chi connectivity index (χ2n) is 8.43. The zero-order valence-corrected chi connectivity index (χ0v) is 23.4. The van der Waals surface area contributed by atoms with Crippen molar-refractivity contribution in [1.82, 2.24) is 20.1 Å². The van der Waals surface area contributed by atoms with E-state index in [2.05, 4.69) is 27.4 Å². The van der Waals surface area contributed by atoms with Gasteiger partial charge in [-0.3, -0.25) is 9.59 Å². The van der Waals surface area contributed by atoms with Gasteiger partial charge >= 0.3 is 5.97 Å². The third-order valence-corrected chi connectivity index (χ3v) is 6.60. The average molecular weight is 577 g/mol. The molecule has 1 aromatic heterocycles. The molecule has 1 heterocycles. The van der Waals surface area contributed by atoms with E-state index in [4.69, 9.17) is 27.9 Å². The third kappa shape index (κ3) is 7.83. The standard InChI is InChI=1S/C26H27Cl2N5O4S/c1-5-12-33-23(16(4)29-24(35)17-6-9-19(27)10-7-17)31-32-26(33)38-14-22(34)30-21-13-18(8-11-20(21)28)25(36)37-15(2)3/h5-11,13,15-16H,1,12,14H2,2-4H3,(H,29,35)(H,30,34). The molecule has 12 heteroatoms. The quantitative estimate of drug-likeness (QED) is 0.175. The molecule has 0 aliphatic heterocycles. The number of aromatic nitrogens is 3. The molecule has 38 heavy (non-hydrogen) atoms. The van der Waals surface area contributed by atoms with E-state index in [1.807, 2.05) is 0 Å². The lowest BCUT2D eigenvalue weighted by Gasteiger charge is -2.15. The molecule has 2 amide bonds. The number of allylic oxidation sites excluding steroid dienone is 1. The van der Waals surface area contributed by atoms with Crippen LogP contribution < -0.4 is 10.6 Å². The first-order valence-electron chi connectivity index (χ1n) is 11.6. The van der Waals surface area contributed by atoms with E-state index in [1.54, 1.807) is 55.7 Å². The third-order valence-electron chi connectivity index (χ3n) is 5.05. The number of carbonyl (C=O) groups is 3. The molecule has 3 rings (SSSR count). The van der Waals surface area contributed by atoms with Crippen molar-refractivity contribution in [3.05, 3.63) is 82.1 Å². The van der Waals surface area contributed by atoms with Crippen LogP contribution >= 0.6 is 35.0 Å². The molecule has 0 saturated carbocycles. The Hall–Kier alpha value is -3.34. The average Bonchev–Trinajstić information content (AvgIpc) is 3.27. The van der Waals surface area contributed by atoms with Crippen molar-refractivity contribution in [2.75, 3.05) is 11.1 Å². The second-order valence-corrected chi connectivity index (χ2v) is 10.2. The van der Waals surface area contributed by atoms with Crippen LogP contribution in [0.15, 0.2) is 60.3 Å². The number of thioether (sulfide) groups is 1. The van der Waals surface area contributed by atoms with Gasteiger partial charge in [0.2, 0.25) is 5.91 Å². The van der Waals surface area contributed by atoms with Gasteiger partial charge < -0.3 is 19.9 Å². The SMILES string of the molecule is C=CCn1c(SCC(=O)Nc2cc(C(=O)OC(C)C)ccc2Cl)nnc1C(C)NC(=O)c1ccc(Cl)cc1. The van der Waals surface area contributed by atoms with Gasteiger partial charge in [0.15, 0.2) is 11.0 Å². The molecule has 0 saturated heterocycles. The lowest BCUT2D eigenvalue weighted by Crippen LogP contribution is -2.28. The van der Waals surface area contributed by atoms with Crippen LogP contribution in [0.4, 0.5) is 5.69 Å². The van der Waals surface area contributed by atoms with E-state index in [1.165, 1.54) is 18.2 Å². The number of esters is 1. The maximum absolute atomic E-state index is 12.7. The summed E-state index contributed by atoms with van der Waals surface area (Å²) in [6.07, 6.45) is 1.39. The van der Waals surface area contributed by atoms with Gasteiger partial charge in [0.1, 0.15) is 0 Å². The summed E-state index contributed by atoms with van der Waals surface area (Å²) in [6, 6.07) is 10.6. The lowest BCUT2D eigenvalue weighted by molar-refractivity contribution is -0.113. The summed E-state index contributed by atoms with van der Waals surface area (Å²) < 4.78 is 6.97. The van der Waals surface area contributed by atoms with Gasteiger partial charge in [-0.1, -0.05) is 41.0 Å². The predicted molar refractivity (Wildman–Crippen MR) is 149 cm³/mol. The molecular formula is C26H27Cl2N5O4S. The smallest absolute Gasteiger partial charge is 0.338 e. The summed E-state index contributed by atoms with van der Waals surface area (Å²) in [4.78, 5) is 37.5. The number of hydrogen-bond donors (Lipinski definition) is 2. The Labute approximate surface area is 234 Å². The minimum absolute atomic E-state index is 0.00219. The highest BCUT2D eigenvalue weighted by molar-refractivity contribution is 7.99. The Morgan fingerprint density at radius 1 is 1.08 bits per heavy atom. The first-order chi connectivity index (χ1) is 18.1. The number of amides is 2. The highest BCUT2D eigenvalue weighted by atomic mass is 35.5. The van der Waals surface area contributed by atoms with Crippen molar-refractivity contribution in [3.63, 3.8) is 0 Å². The van der Waals surface area contributed by atoms with Gasteiger partial charge in [-0.2, -0.15) is 0 Å². The van der Waals surface area contributed by atoms with E-state index in [9.17, 15) is 14.4 Å². The summed E-state index contributed by atoms with van der Waals surface area (Å²) in [5.41, 5.74) is 1.03. The van der Waals surface area contributed by atoms with E-state index in [-0.39, 0.29) is 34.3 Å². The molecule has 9 nitrogen and oxygen atoms in total. The first kappa shape index (κ1) is 29.2. The van der Waals surface area contributed by atoms with Gasteiger partial charge in [-0.15, -0.1) is 16.8 Å². The van der Waals surface area contributed by atoms with Gasteiger partial charge in [-0.05, 0) is 63.2 Å². The van der Waals surface area contributed by atoms with Crippen LogP contribution in [0.3, 0.4) is 0 Å². The van der Waals surface area contributed by atoms with Crippen molar-refractivity contribution < 1.29 is 19.1 Å². The Bertz CT molecular complexity index is 1330. The van der Waals surface area contributed by atoms with E-state index in [0.717, 1.165) is 11.8 Å². The van der Waals surface area contributed by atoms with Crippen molar-refractivity contribution in [3.8, 4) is 0 Å². The fourth-order valence-corrected chi connectivity index (χ4v) is 4.37. The summed E-state index contributed by atoms with van der Waals surface area (Å²) in [5.74, 6) is -0.645. The minimum atomic E-state index is -0.510. The topological polar surface area (TPSA) is 115 Å². The van der Waals surface area contributed by atoms with Crippen LogP contribution in [0, 0.1) is 0 Å². The minimum Gasteiger partial charge on any atom is -0.459 e. The zero-order chi connectivity index (χ0) is 27.8. The Kier molecular flexibility index (Phi) is 10.3. The molecule has 0 aliphatic rings. The number of ether oxygens (including phenoxy) is 1. The molecule has 0 fully saturated rings. The number of carbonyl (C=O) groups excluding carboxylic acids is 3. The summed E-state index contributed by atoms with van der Waals surface area (Å²) in [5, 5.41) is 15.3. The summed E-state index contributed by atoms with van der Waals surface area (Å²) in [7, 11) is 0. The largest absolute Gasteiger partial charge is 0.459 e. The highest BCUT2D eigenvalue weighted by Gasteiger charge is 2.21. The first-order valence-corrected chi connectivity index (χ1v) is 13.4. The molecule has 1 unspecified atom stereocenters. The molecule has 0 bridgehead atoms. The van der Waals surface area contributed by atoms with Crippen LogP contribution in [0.1, 0.15) is 53.4 Å². The van der Waals surface area contributed by atoms with Crippen LogP contribution in [-0.4, -0.2) is 44.4 Å². The summed E-state index contributed by atoms with van der Waals surface area (Å²) in [6.45, 7) is 9.44. The van der Waals surface area contributed by atoms with E-state index < -0.39 is 12.0 Å². The van der Waals surface area contributed by atoms with Gasteiger partial charge in [-0.25, -0.2) is 4.79 Å². The Morgan fingerprint density at radius 3 is 2.42 bits per heavy atom. The molecule has 0 radical (unpaired) electrons. The maximum Gasteiger partial charge on any atom is 0.338 e. The normalized spacial score (nSPS) is 11.6. The molecule has 0 aliphatic carbocycles. The van der Waals surface area contributed by atoms with Gasteiger partial charge in [0.05, 0.1) is 34.2 Å². The zero-order valence-electron chi connectivity index (χ0n) is 21.0. The molecule has 0 spiro atoms. The number of nitrogens with zero attached hydrogens (tertiary/aromatic N) is 3. The molecule has 3 aromatic rings. The predicted octanol–water partition coefficient (Wildman–Crippen LogP) is 5.56. The monoisotopic (exact) mass is 575 g/mol. The Balaban J connectivity index is 1.66. The maximum atomic E-state index is 12.7. The fraction of sp³-hybridized carbons (Fsp3) is 0.269. The van der Waals surface area contributed by atoms with E-state index in [0.29, 0.717) is 33.8 Å². The number of rotatable bonds is 11. The van der Waals surface area contributed by atoms with Crippen molar-refractivity contribution in [2.45, 2.75) is 44.6 Å². The number of halogens is 2. The molecule has 1 atom stereocenters. The second kappa shape index (κ2) is 13.5. The molecule has 200 valence electrons. The van der Waals surface area contributed by atoms with Crippen molar-refractivity contribution in [1.29, 1.82) is 0 Å². The molecular weight excluding hydrogens is 549 g/mol. The number of nitrogens with one attached hydrogen (secondary N) is 2. The summed E-state index contributed by atoms with van der Waals surface area (Å²) >= 11 is 13.3. The molecule has 2 N–H and O–H groups in total. The van der Waals surface area contributed by atoms with E-state index >= 15 is 0 Å². The van der Waals surface area contributed by atoms with Crippen LogP contribution in [-0.2, 0) is 16.1 Å². The Morgan fingerprint density at radius 2 is 1.76 bits per heavy atom. The van der Waals surface area contributed by atoms with Crippen LogP contribution in [0.2, 0.25) is 10.0 Å². The van der Waals surface area contributed by atoms with Crippen molar-refractivity contribution >= 4 is 58.4 Å². The van der Waals surface area contributed by atoms with Crippen molar-refractivity contribution in [2.24, 2.45) is 0 Å². The van der Waals surface area contributed by atoms with Gasteiger partial charge in [0.25, 0.3) is 5.91 Å². The number of benzene rings is 2. The lowest BCUT2D eigenvalue weighted by atomic mass is 10.2. The van der Waals surface area contributed by atoms with Crippen LogP contribution in [0.5, 0.6) is 0 Å². The number of hydrogen-bond acceptors (Lipinski definition) is 7. The fourth-order valence-electron chi connectivity index (χ4n) is 3.32.